The maximum Gasteiger partial charge on any atom is 0.241 e. The van der Waals surface area contributed by atoms with E-state index in [2.05, 4.69) is 22.3 Å². The summed E-state index contributed by atoms with van der Waals surface area (Å²) in [5.41, 5.74) is 1.95. The van der Waals surface area contributed by atoms with Crippen molar-refractivity contribution < 1.29 is 13.9 Å². The van der Waals surface area contributed by atoms with Gasteiger partial charge in [-0.15, -0.1) is 0 Å². The van der Waals surface area contributed by atoms with Crippen LogP contribution in [0.15, 0.2) is 78.9 Å². The zero-order chi connectivity index (χ0) is 20.1. The lowest BCUT2D eigenvalue weighted by Crippen LogP contribution is -2.39. The molecule has 3 aromatic carbocycles. The van der Waals surface area contributed by atoms with Crippen molar-refractivity contribution in [2.24, 2.45) is 0 Å². The number of halogens is 1. The standard InChI is InChI=1S/C24H23FN2O2/c25-19-8-12-21(13-9-19)29-22-14-10-20(11-15-22)26-24(28)23-7-4-16-27(23)17-18-5-2-1-3-6-18/h1-3,5-6,8-15,23H,4,7,16-17H2,(H,26,28). The first-order valence-corrected chi connectivity index (χ1v) is 9.80. The second-order valence-electron chi connectivity index (χ2n) is 7.18. The molecule has 1 saturated heterocycles. The van der Waals surface area contributed by atoms with E-state index in [1.54, 1.807) is 24.3 Å². The van der Waals surface area contributed by atoms with Crippen LogP contribution in [0.25, 0.3) is 0 Å². The minimum absolute atomic E-state index is 0.0191. The number of nitrogens with zero attached hydrogens (tertiary/aromatic N) is 1. The Hall–Kier alpha value is -3.18. The highest BCUT2D eigenvalue weighted by atomic mass is 19.1. The molecule has 1 unspecified atom stereocenters. The van der Waals surface area contributed by atoms with Gasteiger partial charge in [0.25, 0.3) is 0 Å². The Morgan fingerprint density at radius 3 is 2.31 bits per heavy atom. The summed E-state index contributed by atoms with van der Waals surface area (Å²) in [6, 6.07) is 23.2. The van der Waals surface area contributed by atoms with Gasteiger partial charge in [-0.2, -0.15) is 0 Å². The van der Waals surface area contributed by atoms with Crippen LogP contribution in [0.2, 0.25) is 0 Å². The van der Waals surface area contributed by atoms with Gasteiger partial charge in [-0.25, -0.2) is 4.39 Å². The summed E-state index contributed by atoms with van der Waals surface area (Å²) in [6.07, 6.45) is 1.89. The second-order valence-corrected chi connectivity index (χ2v) is 7.18. The van der Waals surface area contributed by atoms with Crippen LogP contribution in [0.4, 0.5) is 10.1 Å². The molecule has 1 amide bonds. The van der Waals surface area contributed by atoms with Gasteiger partial charge in [-0.05, 0) is 73.5 Å². The van der Waals surface area contributed by atoms with Gasteiger partial charge in [-0.3, -0.25) is 9.69 Å². The molecule has 1 atom stereocenters. The predicted molar refractivity (Wildman–Crippen MR) is 111 cm³/mol. The van der Waals surface area contributed by atoms with E-state index < -0.39 is 0 Å². The first kappa shape index (κ1) is 19.2. The molecule has 4 nitrogen and oxygen atoms in total. The number of ether oxygens (including phenoxy) is 1. The Morgan fingerprint density at radius 2 is 1.62 bits per heavy atom. The summed E-state index contributed by atoms with van der Waals surface area (Å²) in [4.78, 5) is 15.0. The maximum absolute atomic E-state index is 13.0. The highest BCUT2D eigenvalue weighted by molar-refractivity contribution is 5.95. The molecule has 0 aliphatic carbocycles. The van der Waals surface area contributed by atoms with E-state index in [4.69, 9.17) is 4.74 Å². The monoisotopic (exact) mass is 390 g/mol. The van der Waals surface area contributed by atoms with E-state index in [-0.39, 0.29) is 17.8 Å². The van der Waals surface area contributed by atoms with Crippen molar-refractivity contribution >= 4 is 11.6 Å². The van der Waals surface area contributed by atoms with Gasteiger partial charge in [0, 0.05) is 12.2 Å². The molecule has 148 valence electrons. The summed E-state index contributed by atoms with van der Waals surface area (Å²) in [7, 11) is 0. The Morgan fingerprint density at radius 1 is 0.966 bits per heavy atom. The Labute approximate surface area is 169 Å². The van der Waals surface area contributed by atoms with E-state index in [0.717, 1.165) is 31.6 Å². The number of carbonyl (C=O) groups is 1. The average Bonchev–Trinajstić information content (AvgIpc) is 3.20. The molecule has 1 fully saturated rings. The van der Waals surface area contributed by atoms with Crippen LogP contribution in [0.3, 0.4) is 0 Å². The molecule has 4 rings (SSSR count). The van der Waals surface area contributed by atoms with Gasteiger partial charge in [-0.1, -0.05) is 30.3 Å². The first-order valence-electron chi connectivity index (χ1n) is 9.80. The molecule has 1 aliphatic heterocycles. The normalized spacial score (nSPS) is 16.5. The van der Waals surface area contributed by atoms with E-state index in [1.165, 1.54) is 17.7 Å². The predicted octanol–water partition coefficient (Wildman–Crippen LogP) is 5.22. The lowest BCUT2D eigenvalue weighted by molar-refractivity contribution is -0.120. The fourth-order valence-corrected chi connectivity index (χ4v) is 3.60. The van der Waals surface area contributed by atoms with Crippen LogP contribution in [0, 0.1) is 5.82 Å². The zero-order valence-electron chi connectivity index (χ0n) is 16.1. The third kappa shape index (κ3) is 5.00. The van der Waals surface area contributed by atoms with Crippen LogP contribution in [0.5, 0.6) is 11.5 Å². The van der Waals surface area contributed by atoms with Crippen LogP contribution < -0.4 is 10.1 Å². The van der Waals surface area contributed by atoms with Crippen LogP contribution in [-0.4, -0.2) is 23.4 Å². The molecule has 1 aliphatic rings. The zero-order valence-corrected chi connectivity index (χ0v) is 16.1. The molecular formula is C24H23FN2O2. The van der Waals surface area contributed by atoms with Crippen molar-refractivity contribution in [3.05, 3.63) is 90.2 Å². The van der Waals surface area contributed by atoms with E-state index in [0.29, 0.717) is 11.5 Å². The highest BCUT2D eigenvalue weighted by Crippen LogP contribution is 2.25. The highest BCUT2D eigenvalue weighted by Gasteiger charge is 2.30. The van der Waals surface area contributed by atoms with Gasteiger partial charge in [0.2, 0.25) is 5.91 Å². The number of benzene rings is 3. The maximum atomic E-state index is 13.0. The summed E-state index contributed by atoms with van der Waals surface area (Å²) in [5, 5.41) is 3.01. The number of carbonyl (C=O) groups excluding carboxylic acids is 1. The average molecular weight is 390 g/mol. The van der Waals surface area contributed by atoms with Crippen molar-refractivity contribution in [1.82, 2.24) is 4.90 Å². The number of likely N-dealkylation sites (tertiary alicyclic amines) is 1. The van der Waals surface area contributed by atoms with Crippen molar-refractivity contribution in [2.75, 3.05) is 11.9 Å². The van der Waals surface area contributed by atoms with Gasteiger partial charge in [0.1, 0.15) is 17.3 Å². The molecule has 0 aromatic heterocycles. The third-order valence-corrected chi connectivity index (χ3v) is 5.07. The van der Waals surface area contributed by atoms with Crippen LogP contribution in [0.1, 0.15) is 18.4 Å². The molecule has 0 bridgehead atoms. The molecule has 5 heteroatoms. The van der Waals surface area contributed by atoms with Gasteiger partial charge >= 0.3 is 0 Å². The SMILES string of the molecule is O=C(Nc1ccc(Oc2ccc(F)cc2)cc1)C1CCCN1Cc1ccccc1. The van der Waals surface area contributed by atoms with E-state index in [9.17, 15) is 9.18 Å². The fraction of sp³-hybridized carbons (Fsp3) is 0.208. The molecule has 3 aromatic rings. The summed E-state index contributed by atoms with van der Waals surface area (Å²) >= 11 is 0. The van der Waals surface area contributed by atoms with E-state index >= 15 is 0 Å². The van der Waals surface area contributed by atoms with Gasteiger partial charge < -0.3 is 10.1 Å². The second kappa shape index (κ2) is 8.88. The number of anilines is 1. The molecule has 0 saturated carbocycles. The number of hydrogen-bond acceptors (Lipinski definition) is 3. The molecular weight excluding hydrogens is 367 g/mol. The van der Waals surface area contributed by atoms with Crippen molar-refractivity contribution in [3.8, 4) is 11.5 Å². The molecule has 0 spiro atoms. The molecule has 29 heavy (non-hydrogen) atoms. The first-order chi connectivity index (χ1) is 14.2. The summed E-state index contributed by atoms with van der Waals surface area (Å²) in [5.74, 6) is 0.904. The smallest absolute Gasteiger partial charge is 0.241 e. The van der Waals surface area contributed by atoms with Crippen LogP contribution >= 0.6 is 0 Å². The number of rotatable bonds is 6. The van der Waals surface area contributed by atoms with E-state index in [1.807, 2.05) is 30.3 Å². The number of amides is 1. The quantitative estimate of drug-likeness (QED) is 0.627. The fourth-order valence-electron chi connectivity index (χ4n) is 3.60. The Balaban J connectivity index is 1.35. The minimum atomic E-state index is -0.302. The third-order valence-electron chi connectivity index (χ3n) is 5.07. The van der Waals surface area contributed by atoms with Crippen molar-refractivity contribution in [1.29, 1.82) is 0 Å². The van der Waals surface area contributed by atoms with Gasteiger partial charge in [0.05, 0.1) is 6.04 Å². The van der Waals surface area contributed by atoms with Crippen molar-refractivity contribution in [2.45, 2.75) is 25.4 Å². The number of nitrogens with one attached hydrogen (secondary N) is 1. The minimum Gasteiger partial charge on any atom is -0.457 e. The largest absolute Gasteiger partial charge is 0.457 e. The summed E-state index contributed by atoms with van der Waals surface area (Å²) < 4.78 is 18.7. The number of hydrogen-bond donors (Lipinski definition) is 1. The molecule has 1 heterocycles. The van der Waals surface area contributed by atoms with Gasteiger partial charge in [0.15, 0.2) is 0 Å². The van der Waals surface area contributed by atoms with Crippen LogP contribution in [-0.2, 0) is 11.3 Å². The van der Waals surface area contributed by atoms with Crippen molar-refractivity contribution in [3.63, 3.8) is 0 Å². The lowest BCUT2D eigenvalue weighted by Gasteiger charge is -2.23. The lowest BCUT2D eigenvalue weighted by atomic mass is 10.1. The Kier molecular flexibility index (Phi) is 5.86. The molecule has 0 radical (unpaired) electrons. The topological polar surface area (TPSA) is 41.6 Å². The molecule has 1 N–H and O–H groups in total. The summed E-state index contributed by atoms with van der Waals surface area (Å²) in [6.45, 7) is 1.71. The Bertz CT molecular complexity index is 943.